The van der Waals surface area contributed by atoms with E-state index in [1.807, 2.05) is 0 Å². The van der Waals surface area contributed by atoms with Crippen LogP contribution in [0, 0.1) is 0 Å². The summed E-state index contributed by atoms with van der Waals surface area (Å²) in [5.41, 5.74) is 10.9. The minimum atomic E-state index is -0.725. The van der Waals surface area contributed by atoms with Crippen molar-refractivity contribution in [1.82, 2.24) is 0 Å². The van der Waals surface area contributed by atoms with E-state index in [1.54, 1.807) is 36.4 Å². The number of anilines is 1. The number of ether oxygens (including phenoxy) is 1. The number of fused-ring (bicyclic) bond motifs is 1. The Kier molecular flexibility index (Phi) is 4.13. The Morgan fingerprint density at radius 2 is 1.59 bits per heavy atom. The van der Waals surface area contributed by atoms with Gasteiger partial charge in [0.1, 0.15) is 11.4 Å². The van der Waals surface area contributed by atoms with E-state index in [2.05, 4.69) is 18.5 Å². The molecule has 22 heavy (non-hydrogen) atoms. The van der Waals surface area contributed by atoms with E-state index in [-0.39, 0.29) is 11.4 Å². The predicted octanol–water partition coefficient (Wildman–Crippen LogP) is 1.63. The van der Waals surface area contributed by atoms with Crippen LogP contribution in [0.1, 0.15) is 0 Å². The molecule has 6 heteroatoms. The van der Waals surface area contributed by atoms with Gasteiger partial charge in [0.15, 0.2) is 0 Å². The summed E-state index contributed by atoms with van der Waals surface area (Å²) in [6.45, 7) is 6.71. The van der Waals surface area contributed by atoms with Crippen LogP contribution in [0.5, 0.6) is 5.75 Å². The number of nitrogens with one attached hydrogen (secondary N) is 1. The van der Waals surface area contributed by atoms with Crippen LogP contribution in [0.4, 0.5) is 5.69 Å². The first-order valence-corrected chi connectivity index (χ1v) is 6.34. The van der Waals surface area contributed by atoms with Crippen LogP contribution in [0.25, 0.3) is 10.8 Å². The number of carbonyl (C=O) groups excluding carboxylic acids is 2. The van der Waals surface area contributed by atoms with Crippen LogP contribution in [0.2, 0.25) is 0 Å². The summed E-state index contributed by atoms with van der Waals surface area (Å²) >= 11 is 0. The molecule has 0 aromatic heterocycles. The third-order valence-electron chi connectivity index (χ3n) is 2.89. The first-order valence-electron chi connectivity index (χ1n) is 6.34. The summed E-state index contributed by atoms with van der Waals surface area (Å²) < 4.78 is 5.18. The van der Waals surface area contributed by atoms with Gasteiger partial charge >= 0.3 is 5.97 Å². The van der Waals surface area contributed by atoms with Crippen molar-refractivity contribution in [2.45, 2.75) is 0 Å². The smallest absolute Gasteiger partial charge is 0.358 e. The van der Waals surface area contributed by atoms with Gasteiger partial charge in [0.05, 0.1) is 5.70 Å². The molecule has 6 nitrogen and oxygen atoms in total. The van der Waals surface area contributed by atoms with Gasteiger partial charge in [-0.2, -0.15) is 0 Å². The fourth-order valence-electron chi connectivity index (χ4n) is 1.85. The normalized spacial score (nSPS) is 10.0. The molecule has 1 amide bonds. The van der Waals surface area contributed by atoms with Crippen molar-refractivity contribution in [3.63, 3.8) is 0 Å². The minimum absolute atomic E-state index is 0.0981. The molecule has 0 saturated heterocycles. The predicted molar refractivity (Wildman–Crippen MR) is 84.9 cm³/mol. The zero-order valence-electron chi connectivity index (χ0n) is 11.8. The Morgan fingerprint density at radius 3 is 2.23 bits per heavy atom. The maximum absolute atomic E-state index is 11.7. The monoisotopic (exact) mass is 297 g/mol. The molecule has 112 valence electrons. The highest BCUT2D eigenvalue weighted by Gasteiger charge is 2.12. The molecule has 0 spiro atoms. The van der Waals surface area contributed by atoms with E-state index in [4.69, 9.17) is 16.2 Å². The van der Waals surface area contributed by atoms with E-state index in [0.717, 1.165) is 0 Å². The van der Waals surface area contributed by atoms with Crippen LogP contribution in [0.3, 0.4) is 0 Å². The summed E-state index contributed by atoms with van der Waals surface area (Å²) in [5.74, 6) is -0.903. The van der Waals surface area contributed by atoms with Gasteiger partial charge < -0.3 is 21.5 Å². The molecule has 0 aliphatic carbocycles. The molecular weight excluding hydrogens is 282 g/mol. The highest BCUT2D eigenvalue weighted by molar-refractivity contribution is 6.09. The van der Waals surface area contributed by atoms with Crippen molar-refractivity contribution in [1.29, 1.82) is 0 Å². The Hall–Kier alpha value is -3.28. The zero-order valence-corrected chi connectivity index (χ0v) is 11.8. The highest BCUT2D eigenvalue weighted by Crippen LogP contribution is 2.31. The number of nitrogens with two attached hydrogens (primary N) is 2. The van der Waals surface area contributed by atoms with Crippen LogP contribution in [0.15, 0.2) is 61.0 Å². The third kappa shape index (κ3) is 3.06. The summed E-state index contributed by atoms with van der Waals surface area (Å²) in [7, 11) is 0. The van der Waals surface area contributed by atoms with Gasteiger partial charge in [-0.1, -0.05) is 37.4 Å². The molecule has 5 N–H and O–H groups in total. The number of carbonyl (C=O) groups is 2. The van der Waals surface area contributed by atoms with Crippen LogP contribution in [-0.2, 0) is 9.59 Å². The van der Waals surface area contributed by atoms with Crippen molar-refractivity contribution in [2.24, 2.45) is 11.5 Å². The average Bonchev–Trinajstić information content (AvgIpc) is 2.47. The lowest BCUT2D eigenvalue weighted by Crippen LogP contribution is -2.19. The maximum Gasteiger partial charge on any atom is 0.358 e. The number of benzene rings is 2. The largest absolute Gasteiger partial charge is 0.421 e. The van der Waals surface area contributed by atoms with E-state index < -0.39 is 11.9 Å². The van der Waals surface area contributed by atoms with E-state index >= 15 is 0 Å². The molecule has 2 aromatic rings. The van der Waals surface area contributed by atoms with Gasteiger partial charge in [-0.15, -0.1) is 0 Å². The van der Waals surface area contributed by atoms with Crippen LogP contribution in [-0.4, -0.2) is 11.9 Å². The van der Waals surface area contributed by atoms with Gasteiger partial charge in [-0.05, 0) is 12.1 Å². The fourth-order valence-corrected chi connectivity index (χ4v) is 1.85. The second-order valence-electron chi connectivity index (χ2n) is 4.55. The Balaban J connectivity index is 2.46. The lowest BCUT2D eigenvalue weighted by molar-refractivity contribution is -0.130. The quantitative estimate of drug-likeness (QED) is 0.451. The second-order valence-corrected chi connectivity index (χ2v) is 4.55. The topological polar surface area (TPSA) is 107 Å². The number of hydrogen-bond donors (Lipinski definition) is 3. The van der Waals surface area contributed by atoms with E-state index in [0.29, 0.717) is 22.2 Å². The van der Waals surface area contributed by atoms with E-state index in [9.17, 15) is 9.59 Å². The first kappa shape index (κ1) is 15.1. The Labute approximate surface area is 127 Å². The molecule has 0 aliphatic heterocycles. The summed E-state index contributed by atoms with van der Waals surface area (Å²) in [5, 5.41) is 3.96. The van der Waals surface area contributed by atoms with Crippen molar-refractivity contribution < 1.29 is 14.3 Å². The Morgan fingerprint density at radius 1 is 0.955 bits per heavy atom. The first-order chi connectivity index (χ1) is 10.4. The number of hydrogen-bond acceptors (Lipinski definition) is 5. The molecule has 0 saturated carbocycles. The lowest BCUT2D eigenvalue weighted by Gasteiger charge is -2.11. The van der Waals surface area contributed by atoms with Crippen LogP contribution < -0.4 is 21.5 Å². The second kappa shape index (κ2) is 6.01. The SMILES string of the molecule is C=C(N)C(=O)Nc1cccc2c(OC(=O)C(=C)N)cccc12. The summed E-state index contributed by atoms with van der Waals surface area (Å²) in [6, 6.07) is 10.3. The lowest BCUT2D eigenvalue weighted by atomic mass is 10.1. The number of amides is 1. The average molecular weight is 297 g/mol. The molecule has 0 fully saturated rings. The Bertz CT molecular complexity index is 729. The molecule has 2 rings (SSSR count). The van der Waals surface area contributed by atoms with Gasteiger partial charge in [0.25, 0.3) is 5.91 Å². The molecule has 0 bridgehead atoms. The molecule has 0 atom stereocenters. The molecule has 0 heterocycles. The van der Waals surface area contributed by atoms with Crippen molar-refractivity contribution in [2.75, 3.05) is 5.32 Å². The maximum atomic E-state index is 11.7. The molecular formula is C16H15N3O3. The molecule has 0 unspecified atom stereocenters. The molecule has 2 aromatic carbocycles. The summed E-state index contributed by atoms with van der Waals surface area (Å²) in [4.78, 5) is 23.2. The van der Waals surface area contributed by atoms with Gasteiger partial charge in [0.2, 0.25) is 0 Å². The van der Waals surface area contributed by atoms with Crippen LogP contribution >= 0.6 is 0 Å². The fraction of sp³-hybridized carbons (Fsp3) is 0. The zero-order chi connectivity index (χ0) is 16.3. The summed E-state index contributed by atoms with van der Waals surface area (Å²) in [6.07, 6.45) is 0. The standard InChI is InChI=1S/C16H15N3O3/c1-9(17)15(20)19-13-7-3-6-12-11(13)5-4-8-14(12)22-16(21)10(2)18/h3-8H,1-2,17-18H2,(H,19,20). The van der Waals surface area contributed by atoms with Crippen molar-refractivity contribution in [3.8, 4) is 5.75 Å². The van der Waals surface area contributed by atoms with Gasteiger partial charge in [0, 0.05) is 16.5 Å². The number of rotatable bonds is 4. The molecule has 0 radical (unpaired) electrons. The van der Waals surface area contributed by atoms with Gasteiger partial charge in [-0.3, -0.25) is 4.79 Å². The van der Waals surface area contributed by atoms with Crippen molar-refractivity contribution >= 4 is 28.3 Å². The number of esters is 1. The van der Waals surface area contributed by atoms with E-state index in [1.165, 1.54) is 0 Å². The third-order valence-corrected chi connectivity index (χ3v) is 2.89. The van der Waals surface area contributed by atoms with Crippen molar-refractivity contribution in [3.05, 3.63) is 61.0 Å². The van der Waals surface area contributed by atoms with Gasteiger partial charge in [-0.25, -0.2) is 4.79 Å². The minimum Gasteiger partial charge on any atom is -0.421 e. The highest BCUT2D eigenvalue weighted by atomic mass is 16.5. The molecule has 0 aliphatic rings.